The summed E-state index contributed by atoms with van der Waals surface area (Å²) in [5.74, 6) is -0.263. The van der Waals surface area contributed by atoms with Gasteiger partial charge in [-0.15, -0.1) is 0 Å². The lowest BCUT2D eigenvalue weighted by molar-refractivity contribution is 0.0979. The summed E-state index contributed by atoms with van der Waals surface area (Å²) < 4.78 is 2.01. The van der Waals surface area contributed by atoms with E-state index in [1.807, 2.05) is 18.7 Å². The van der Waals surface area contributed by atoms with Gasteiger partial charge in [0.25, 0.3) is 0 Å². The number of nitrogens with zero attached hydrogens (tertiary/aromatic N) is 3. The first-order valence-corrected chi connectivity index (χ1v) is 8.55. The van der Waals surface area contributed by atoms with Crippen molar-refractivity contribution >= 4 is 11.6 Å². The van der Waals surface area contributed by atoms with Gasteiger partial charge >= 0.3 is 0 Å². The number of hydrogen-bond donors (Lipinski definition) is 1. The number of carbonyl (C=O) groups excluding carboxylic acids is 2. The molecular weight excluding hydrogens is 318 g/mol. The quantitative estimate of drug-likeness (QED) is 0.705. The smallest absolute Gasteiger partial charge is 0.197 e. The molecule has 132 valence electrons. The molecule has 0 aromatic carbocycles. The molecule has 6 nitrogen and oxygen atoms in total. The van der Waals surface area contributed by atoms with Gasteiger partial charge in [0, 0.05) is 43.0 Å². The molecule has 1 N–H and O–H groups in total. The van der Waals surface area contributed by atoms with E-state index in [4.69, 9.17) is 0 Å². The Morgan fingerprint density at radius 3 is 2.64 bits per heavy atom. The summed E-state index contributed by atoms with van der Waals surface area (Å²) in [6.07, 6.45) is 6.87. The van der Waals surface area contributed by atoms with Gasteiger partial charge in [-0.25, -0.2) is 0 Å². The van der Waals surface area contributed by atoms with E-state index in [0.29, 0.717) is 35.1 Å². The topological polar surface area (TPSA) is 75.4 Å². The fraction of sp³-hybridized carbons (Fsp3) is 0.421. The van der Waals surface area contributed by atoms with Crippen LogP contribution in [0.2, 0.25) is 0 Å². The van der Waals surface area contributed by atoms with Crippen LogP contribution >= 0.6 is 0 Å². The van der Waals surface area contributed by atoms with E-state index in [9.17, 15) is 14.7 Å². The van der Waals surface area contributed by atoms with Crippen molar-refractivity contribution < 1.29 is 14.7 Å². The van der Waals surface area contributed by atoms with Gasteiger partial charge in [0.15, 0.2) is 11.6 Å². The molecule has 0 amide bonds. The number of carbonyl (C=O) groups is 2. The normalized spacial score (nSPS) is 13.3. The van der Waals surface area contributed by atoms with Gasteiger partial charge in [-0.1, -0.05) is 0 Å². The van der Waals surface area contributed by atoms with Crippen molar-refractivity contribution in [3.05, 3.63) is 52.6 Å². The van der Waals surface area contributed by atoms with Gasteiger partial charge in [0.05, 0.1) is 16.7 Å². The Kier molecular flexibility index (Phi) is 5.11. The minimum absolute atomic E-state index is 0.0558. The third kappa shape index (κ3) is 3.27. The zero-order chi connectivity index (χ0) is 18.0. The molecule has 2 aromatic rings. The standard InChI is InChI=1S/C19H23N3O3/c1-21(2)8-4-9-22-12-15-17(16(22)5-3-10-23)19(25)13-6-7-20-11-14(13)18(15)24/h6-7,11-12,23H,3-5,8-10H2,1-2H3. The molecule has 25 heavy (non-hydrogen) atoms. The number of aliphatic hydroxyl groups excluding tert-OH is 1. The van der Waals surface area contributed by atoms with E-state index in [0.717, 1.165) is 25.2 Å². The monoisotopic (exact) mass is 341 g/mol. The van der Waals surface area contributed by atoms with Crippen molar-refractivity contribution in [1.82, 2.24) is 14.5 Å². The maximum atomic E-state index is 13.0. The molecular formula is C19H23N3O3. The highest BCUT2D eigenvalue weighted by Gasteiger charge is 2.34. The van der Waals surface area contributed by atoms with Crippen LogP contribution in [0, 0.1) is 0 Å². The van der Waals surface area contributed by atoms with Crippen LogP contribution in [0.25, 0.3) is 0 Å². The predicted molar refractivity (Wildman–Crippen MR) is 94.1 cm³/mol. The highest BCUT2D eigenvalue weighted by molar-refractivity contribution is 6.28. The highest BCUT2D eigenvalue weighted by Crippen LogP contribution is 2.31. The molecule has 6 heteroatoms. The van der Waals surface area contributed by atoms with Crippen molar-refractivity contribution in [2.24, 2.45) is 0 Å². The number of aryl methyl sites for hydroxylation is 1. The SMILES string of the molecule is CN(C)CCCn1cc2c(c1CCCO)C(=O)c1ccncc1C2=O. The number of hydrogen-bond acceptors (Lipinski definition) is 5. The first kappa shape index (κ1) is 17.5. The van der Waals surface area contributed by atoms with Crippen molar-refractivity contribution in [2.75, 3.05) is 27.2 Å². The highest BCUT2D eigenvalue weighted by atomic mass is 16.3. The van der Waals surface area contributed by atoms with Crippen molar-refractivity contribution in [1.29, 1.82) is 0 Å². The van der Waals surface area contributed by atoms with Crippen LogP contribution in [0.15, 0.2) is 24.7 Å². The van der Waals surface area contributed by atoms with Crippen molar-refractivity contribution in [3.8, 4) is 0 Å². The zero-order valence-electron chi connectivity index (χ0n) is 14.7. The molecule has 0 saturated heterocycles. The largest absolute Gasteiger partial charge is 0.396 e. The second kappa shape index (κ2) is 7.29. The molecule has 1 aliphatic carbocycles. The number of pyridine rings is 1. The molecule has 0 aliphatic heterocycles. The predicted octanol–water partition coefficient (Wildman–Crippen LogP) is 1.54. The Morgan fingerprint density at radius 2 is 1.92 bits per heavy atom. The third-order valence-corrected chi connectivity index (χ3v) is 4.55. The van der Waals surface area contributed by atoms with Crippen LogP contribution in [0.3, 0.4) is 0 Å². The second-order valence-electron chi connectivity index (χ2n) is 6.62. The Labute approximate surface area is 147 Å². The first-order valence-electron chi connectivity index (χ1n) is 8.55. The summed E-state index contributed by atoms with van der Waals surface area (Å²) in [7, 11) is 4.04. The second-order valence-corrected chi connectivity index (χ2v) is 6.62. The van der Waals surface area contributed by atoms with E-state index in [1.54, 1.807) is 12.3 Å². The molecule has 2 aromatic heterocycles. The van der Waals surface area contributed by atoms with Crippen LogP contribution in [-0.2, 0) is 13.0 Å². The Bertz CT molecular complexity index is 808. The molecule has 3 rings (SSSR count). The number of aromatic nitrogens is 2. The number of aliphatic hydroxyl groups is 1. The van der Waals surface area contributed by atoms with Crippen LogP contribution in [0.1, 0.15) is 50.4 Å². The minimum Gasteiger partial charge on any atom is -0.396 e. The molecule has 0 saturated carbocycles. The van der Waals surface area contributed by atoms with Gasteiger partial charge in [-0.2, -0.15) is 0 Å². The lowest BCUT2D eigenvalue weighted by atomic mass is 9.86. The number of ketones is 2. The summed E-state index contributed by atoms with van der Waals surface area (Å²) in [5.41, 5.74) is 2.61. The van der Waals surface area contributed by atoms with E-state index in [-0.39, 0.29) is 18.2 Å². The molecule has 0 bridgehead atoms. The summed E-state index contributed by atoms with van der Waals surface area (Å²) in [5, 5.41) is 9.21. The maximum Gasteiger partial charge on any atom is 0.197 e. The summed E-state index contributed by atoms with van der Waals surface area (Å²) in [6.45, 7) is 1.72. The van der Waals surface area contributed by atoms with Crippen LogP contribution in [0.5, 0.6) is 0 Å². The fourth-order valence-corrected chi connectivity index (χ4v) is 3.35. The van der Waals surface area contributed by atoms with Gasteiger partial charge in [-0.05, 0) is 46.0 Å². The van der Waals surface area contributed by atoms with Crippen LogP contribution in [-0.4, -0.2) is 58.4 Å². The maximum absolute atomic E-state index is 13.0. The Morgan fingerprint density at radius 1 is 1.12 bits per heavy atom. The van der Waals surface area contributed by atoms with Crippen molar-refractivity contribution in [2.45, 2.75) is 25.8 Å². The third-order valence-electron chi connectivity index (χ3n) is 4.55. The van der Waals surface area contributed by atoms with E-state index in [2.05, 4.69) is 9.88 Å². The fourth-order valence-electron chi connectivity index (χ4n) is 3.35. The van der Waals surface area contributed by atoms with Crippen LogP contribution in [0.4, 0.5) is 0 Å². The van der Waals surface area contributed by atoms with E-state index < -0.39 is 0 Å². The molecule has 2 heterocycles. The van der Waals surface area contributed by atoms with Crippen LogP contribution < -0.4 is 0 Å². The average molecular weight is 341 g/mol. The van der Waals surface area contributed by atoms with Gasteiger partial charge in [0.1, 0.15) is 0 Å². The van der Waals surface area contributed by atoms with E-state index >= 15 is 0 Å². The zero-order valence-corrected chi connectivity index (χ0v) is 14.7. The summed E-state index contributed by atoms with van der Waals surface area (Å²) in [4.78, 5) is 31.9. The average Bonchev–Trinajstić information content (AvgIpc) is 2.96. The summed E-state index contributed by atoms with van der Waals surface area (Å²) in [6, 6.07) is 1.61. The summed E-state index contributed by atoms with van der Waals surface area (Å²) >= 11 is 0. The lowest BCUT2D eigenvalue weighted by Gasteiger charge is -2.16. The molecule has 0 unspecified atom stereocenters. The van der Waals surface area contributed by atoms with E-state index in [1.165, 1.54) is 12.4 Å². The molecule has 0 spiro atoms. The minimum atomic E-state index is -0.144. The number of rotatable bonds is 7. The number of fused-ring (bicyclic) bond motifs is 2. The molecule has 0 atom stereocenters. The lowest BCUT2D eigenvalue weighted by Crippen LogP contribution is -2.21. The Hall–Kier alpha value is -2.31. The van der Waals surface area contributed by atoms with Crippen molar-refractivity contribution in [3.63, 3.8) is 0 Å². The van der Waals surface area contributed by atoms with Gasteiger partial charge in [0.2, 0.25) is 0 Å². The molecule has 0 fully saturated rings. The van der Waals surface area contributed by atoms with Gasteiger partial charge in [-0.3, -0.25) is 14.6 Å². The first-order chi connectivity index (χ1) is 12.0. The molecule has 0 radical (unpaired) electrons. The van der Waals surface area contributed by atoms with Gasteiger partial charge < -0.3 is 14.6 Å². The Balaban J connectivity index is 2.02. The molecule has 1 aliphatic rings.